The highest BCUT2D eigenvalue weighted by atomic mass is 32.1. The molecule has 0 fully saturated rings. The molecule has 4 N–H and O–H groups in total. The minimum atomic E-state index is -1.21. The van der Waals surface area contributed by atoms with Crippen molar-refractivity contribution >= 4 is 45.2 Å². The molecule has 206 valence electrons. The van der Waals surface area contributed by atoms with Crippen molar-refractivity contribution < 1.29 is 24.3 Å². The number of aromatic nitrogens is 1. The van der Waals surface area contributed by atoms with Crippen molar-refractivity contribution in [1.82, 2.24) is 25.8 Å². The van der Waals surface area contributed by atoms with Crippen molar-refractivity contribution in [2.45, 2.75) is 51.8 Å². The van der Waals surface area contributed by atoms with E-state index < -0.39 is 30.0 Å². The van der Waals surface area contributed by atoms with E-state index in [0.29, 0.717) is 30.5 Å². The summed E-state index contributed by atoms with van der Waals surface area (Å²) in [5.41, 5.74) is 5.23. The van der Waals surface area contributed by atoms with Gasteiger partial charge in [-0.1, -0.05) is 6.07 Å². The van der Waals surface area contributed by atoms with Gasteiger partial charge in [-0.3, -0.25) is 19.2 Å². The van der Waals surface area contributed by atoms with Crippen LogP contribution in [-0.2, 0) is 16.0 Å². The predicted octanol–water partition coefficient (Wildman–Crippen LogP) is 1.79. The highest BCUT2D eigenvalue weighted by molar-refractivity contribution is 7.16. The van der Waals surface area contributed by atoms with E-state index in [9.17, 15) is 24.3 Å². The highest BCUT2D eigenvalue weighted by Gasteiger charge is 2.29. The van der Waals surface area contributed by atoms with Gasteiger partial charge in [-0.25, -0.2) is 4.98 Å². The maximum Gasteiger partial charge on any atom is 0.254 e. The molecule has 0 spiro atoms. The summed E-state index contributed by atoms with van der Waals surface area (Å²) in [6.07, 6.45) is 0.102. The number of rotatable bonds is 2. The number of aryl methyl sites for hydroxylation is 2. The summed E-state index contributed by atoms with van der Waals surface area (Å²) in [7, 11) is 0. The fourth-order valence-corrected chi connectivity index (χ4v) is 5.26. The molecule has 0 saturated heterocycles. The molecule has 11 heteroatoms. The lowest BCUT2D eigenvalue weighted by atomic mass is 10.00. The summed E-state index contributed by atoms with van der Waals surface area (Å²) in [5, 5.41) is 18.6. The van der Waals surface area contributed by atoms with Crippen LogP contribution in [0.5, 0.6) is 0 Å². The lowest BCUT2D eigenvalue weighted by molar-refractivity contribution is -0.126. The summed E-state index contributed by atoms with van der Waals surface area (Å²) in [4.78, 5) is 58.1. The fraction of sp³-hybridized carbons (Fsp3) is 0.393. The van der Waals surface area contributed by atoms with E-state index in [1.54, 1.807) is 42.8 Å². The van der Waals surface area contributed by atoms with E-state index in [1.165, 1.54) is 23.2 Å². The van der Waals surface area contributed by atoms with E-state index in [2.05, 4.69) is 20.9 Å². The maximum atomic E-state index is 13.5. The first-order valence-electron chi connectivity index (χ1n) is 12.9. The molecule has 3 atom stereocenters. The average Bonchev–Trinajstić information content (AvgIpc) is 3.37. The number of hydrogen-bond donors (Lipinski definition) is 4. The number of nitrogens with zero attached hydrogens (tertiary/aromatic N) is 2. The van der Waals surface area contributed by atoms with E-state index in [-0.39, 0.29) is 24.9 Å². The SMILES string of the molecule is Cc1ccc2cc1CCCNC(=O)CN(C(=O)c1ccc3ncsc3c1)C[C@@H](C)NC(=O)[C@H]([C@@H](C)O)NC2=O. The summed E-state index contributed by atoms with van der Waals surface area (Å²) in [6.45, 7) is 5.32. The van der Waals surface area contributed by atoms with Gasteiger partial charge in [0, 0.05) is 30.3 Å². The quantitative estimate of drug-likeness (QED) is 0.383. The van der Waals surface area contributed by atoms with Crippen LogP contribution < -0.4 is 16.0 Å². The summed E-state index contributed by atoms with van der Waals surface area (Å²) < 4.78 is 0.853. The van der Waals surface area contributed by atoms with Crippen molar-refractivity contribution in [3.63, 3.8) is 0 Å². The normalized spacial score (nSPS) is 20.5. The molecule has 0 unspecified atom stereocenters. The van der Waals surface area contributed by atoms with Crippen LogP contribution in [0.15, 0.2) is 41.9 Å². The lowest BCUT2D eigenvalue weighted by Gasteiger charge is -2.28. The Kier molecular flexibility index (Phi) is 8.93. The van der Waals surface area contributed by atoms with Gasteiger partial charge in [-0.2, -0.15) is 0 Å². The molecule has 1 aromatic heterocycles. The van der Waals surface area contributed by atoms with Crippen LogP contribution >= 0.6 is 11.3 Å². The molecule has 0 radical (unpaired) electrons. The van der Waals surface area contributed by atoms with Gasteiger partial charge in [-0.15, -0.1) is 11.3 Å². The third kappa shape index (κ3) is 6.98. The number of carbonyl (C=O) groups excluding carboxylic acids is 4. The first kappa shape index (κ1) is 28.2. The molecule has 1 aliphatic heterocycles. The highest BCUT2D eigenvalue weighted by Crippen LogP contribution is 2.20. The molecule has 2 heterocycles. The lowest BCUT2D eigenvalue weighted by Crippen LogP contribution is -2.56. The van der Waals surface area contributed by atoms with Crippen LogP contribution in [0.1, 0.15) is 52.1 Å². The first-order chi connectivity index (χ1) is 18.6. The molecule has 3 aromatic rings. The van der Waals surface area contributed by atoms with Crippen molar-refractivity contribution in [2.75, 3.05) is 19.6 Å². The molecule has 2 aromatic carbocycles. The van der Waals surface area contributed by atoms with Crippen molar-refractivity contribution in [3.05, 3.63) is 64.2 Å². The fourth-order valence-electron chi connectivity index (χ4n) is 4.55. The molecule has 4 rings (SSSR count). The molecular weight excluding hydrogens is 518 g/mol. The number of carbonyl (C=O) groups is 4. The van der Waals surface area contributed by atoms with E-state index >= 15 is 0 Å². The van der Waals surface area contributed by atoms with Gasteiger partial charge in [-0.05, 0) is 75.1 Å². The Bertz CT molecular complexity index is 1390. The molecular formula is C28H33N5O5S. The molecule has 1 aliphatic rings. The second-order valence-electron chi connectivity index (χ2n) is 9.92. The van der Waals surface area contributed by atoms with E-state index in [0.717, 1.165) is 21.3 Å². The number of hydrogen-bond acceptors (Lipinski definition) is 7. The van der Waals surface area contributed by atoms with Crippen LogP contribution in [0.2, 0.25) is 0 Å². The maximum absolute atomic E-state index is 13.5. The number of aliphatic hydroxyl groups is 1. The minimum absolute atomic E-state index is 0.0408. The molecule has 0 aliphatic carbocycles. The van der Waals surface area contributed by atoms with Crippen molar-refractivity contribution in [2.24, 2.45) is 0 Å². The van der Waals surface area contributed by atoms with Crippen LogP contribution in [-0.4, -0.2) is 76.4 Å². The molecule has 4 amide bonds. The zero-order valence-electron chi connectivity index (χ0n) is 22.2. The molecule has 10 nitrogen and oxygen atoms in total. The minimum Gasteiger partial charge on any atom is -0.391 e. The number of fused-ring (bicyclic) bond motifs is 3. The van der Waals surface area contributed by atoms with Crippen LogP contribution in [0, 0.1) is 6.92 Å². The van der Waals surface area contributed by atoms with Gasteiger partial charge in [0.05, 0.1) is 28.4 Å². The average molecular weight is 552 g/mol. The van der Waals surface area contributed by atoms with Crippen LogP contribution in [0.3, 0.4) is 0 Å². The van der Waals surface area contributed by atoms with Gasteiger partial charge >= 0.3 is 0 Å². The van der Waals surface area contributed by atoms with Gasteiger partial charge in [0.1, 0.15) is 6.04 Å². The van der Waals surface area contributed by atoms with Crippen molar-refractivity contribution in [3.8, 4) is 0 Å². The Hall–Kier alpha value is -3.83. The Morgan fingerprint density at radius 3 is 2.72 bits per heavy atom. The third-order valence-electron chi connectivity index (χ3n) is 6.69. The monoisotopic (exact) mass is 551 g/mol. The van der Waals surface area contributed by atoms with Gasteiger partial charge in [0.25, 0.3) is 11.8 Å². The summed E-state index contributed by atoms with van der Waals surface area (Å²) in [6, 6.07) is 8.67. The Balaban J connectivity index is 1.60. The van der Waals surface area contributed by atoms with Crippen LogP contribution in [0.4, 0.5) is 0 Å². The summed E-state index contributed by atoms with van der Waals surface area (Å²) >= 11 is 1.42. The Morgan fingerprint density at radius 2 is 1.95 bits per heavy atom. The second-order valence-corrected chi connectivity index (χ2v) is 10.8. The predicted molar refractivity (Wildman–Crippen MR) is 149 cm³/mol. The zero-order valence-corrected chi connectivity index (χ0v) is 23.0. The molecule has 0 saturated carbocycles. The Morgan fingerprint density at radius 1 is 1.15 bits per heavy atom. The number of nitrogens with one attached hydrogen (secondary N) is 3. The number of benzene rings is 2. The number of amides is 4. The van der Waals surface area contributed by atoms with E-state index in [1.807, 2.05) is 13.0 Å². The Labute approximate surface area is 230 Å². The molecule has 39 heavy (non-hydrogen) atoms. The van der Waals surface area contributed by atoms with Crippen LogP contribution in [0.25, 0.3) is 10.2 Å². The molecule has 2 bridgehead atoms. The topological polar surface area (TPSA) is 141 Å². The zero-order chi connectivity index (χ0) is 28.1. The smallest absolute Gasteiger partial charge is 0.254 e. The van der Waals surface area contributed by atoms with E-state index in [4.69, 9.17) is 0 Å². The van der Waals surface area contributed by atoms with Gasteiger partial charge in [0.2, 0.25) is 11.8 Å². The van der Waals surface area contributed by atoms with Gasteiger partial charge < -0.3 is 26.0 Å². The standard InChI is InChI=1S/C28H33N5O5S/c1-16-6-7-20-11-19(16)5-4-10-29-24(35)14-33(28(38)21-8-9-22-23(12-21)39-15-30-22)13-17(2)31-27(37)25(18(3)34)32-26(20)36/h6-9,11-12,15,17-18,25,34H,4-5,10,13-14H2,1-3H3,(H,29,35)(H,31,37)(H,32,36)/t17-,18-,25+/m1/s1. The first-order valence-corrected chi connectivity index (χ1v) is 13.8. The van der Waals surface area contributed by atoms with Gasteiger partial charge in [0.15, 0.2) is 0 Å². The van der Waals surface area contributed by atoms with Crippen molar-refractivity contribution in [1.29, 1.82) is 0 Å². The second kappa shape index (κ2) is 12.4. The number of thiazole rings is 1. The third-order valence-corrected chi connectivity index (χ3v) is 7.48. The summed E-state index contributed by atoms with van der Waals surface area (Å²) in [5.74, 6) is -1.73. The largest absolute Gasteiger partial charge is 0.391 e. The number of aliphatic hydroxyl groups excluding tert-OH is 1.